The number of aryl methyl sites for hydroxylation is 1. The quantitative estimate of drug-likeness (QED) is 0.657. The van der Waals surface area contributed by atoms with E-state index in [2.05, 4.69) is 0 Å². The molecule has 1 heterocycles. The molecule has 1 aromatic heterocycles. The second-order valence-corrected chi connectivity index (χ2v) is 6.32. The standard InChI is InChI=1S/C14H13Cl3O2S/c1-7-6-20-14(12(7)16)13(17)8-4-10(18-2)11(19-3)5-9(8)15/h4-6,13H,1-3H3. The Kier molecular flexibility index (Phi) is 5.08. The molecule has 0 bridgehead atoms. The molecule has 0 aliphatic rings. The van der Waals surface area contributed by atoms with Crippen LogP contribution in [0.1, 0.15) is 21.4 Å². The Morgan fingerprint density at radius 1 is 1.10 bits per heavy atom. The van der Waals surface area contributed by atoms with Crippen molar-refractivity contribution in [3.8, 4) is 11.5 Å². The van der Waals surface area contributed by atoms with E-state index in [1.807, 2.05) is 12.3 Å². The van der Waals surface area contributed by atoms with Crippen LogP contribution in [0, 0.1) is 6.92 Å². The van der Waals surface area contributed by atoms with Crippen LogP contribution >= 0.6 is 46.1 Å². The van der Waals surface area contributed by atoms with Crippen molar-refractivity contribution in [2.24, 2.45) is 0 Å². The maximum Gasteiger partial charge on any atom is 0.162 e. The monoisotopic (exact) mass is 350 g/mol. The van der Waals surface area contributed by atoms with Crippen LogP contribution < -0.4 is 9.47 Å². The summed E-state index contributed by atoms with van der Waals surface area (Å²) in [7, 11) is 3.13. The predicted octanol–water partition coefficient (Wildman–Crippen LogP) is 5.71. The molecule has 0 amide bonds. The number of halogens is 3. The van der Waals surface area contributed by atoms with Crippen molar-refractivity contribution in [3.05, 3.63) is 43.6 Å². The highest BCUT2D eigenvalue weighted by molar-refractivity contribution is 7.11. The molecule has 20 heavy (non-hydrogen) atoms. The van der Waals surface area contributed by atoms with Crippen molar-refractivity contribution < 1.29 is 9.47 Å². The molecule has 108 valence electrons. The third-order valence-electron chi connectivity index (χ3n) is 2.93. The van der Waals surface area contributed by atoms with Crippen LogP contribution in [0.4, 0.5) is 0 Å². The van der Waals surface area contributed by atoms with E-state index in [4.69, 9.17) is 44.3 Å². The van der Waals surface area contributed by atoms with Gasteiger partial charge in [0.15, 0.2) is 11.5 Å². The normalized spacial score (nSPS) is 12.3. The molecule has 0 radical (unpaired) electrons. The van der Waals surface area contributed by atoms with Gasteiger partial charge in [-0.1, -0.05) is 23.2 Å². The lowest BCUT2D eigenvalue weighted by atomic mass is 10.1. The van der Waals surface area contributed by atoms with Crippen molar-refractivity contribution >= 4 is 46.1 Å². The summed E-state index contributed by atoms with van der Waals surface area (Å²) < 4.78 is 10.5. The van der Waals surface area contributed by atoms with Crippen molar-refractivity contribution in [1.29, 1.82) is 0 Å². The highest BCUT2D eigenvalue weighted by Gasteiger charge is 2.22. The number of ether oxygens (including phenoxy) is 2. The fraction of sp³-hybridized carbons (Fsp3) is 0.286. The number of benzene rings is 1. The second kappa shape index (κ2) is 6.44. The molecule has 0 aliphatic heterocycles. The fourth-order valence-corrected chi connectivity index (χ4v) is 3.94. The first kappa shape index (κ1) is 15.8. The zero-order valence-electron chi connectivity index (χ0n) is 11.2. The third-order valence-corrected chi connectivity index (χ3v) is 5.62. The number of rotatable bonds is 4. The Morgan fingerprint density at radius 2 is 1.70 bits per heavy atom. The van der Waals surface area contributed by atoms with E-state index in [1.54, 1.807) is 26.4 Å². The van der Waals surface area contributed by atoms with Gasteiger partial charge in [-0.15, -0.1) is 22.9 Å². The summed E-state index contributed by atoms with van der Waals surface area (Å²) in [5.74, 6) is 1.15. The molecule has 0 fully saturated rings. The van der Waals surface area contributed by atoms with Gasteiger partial charge >= 0.3 is 0 Å². The molecular formula is C14H13Cl3O2S. The Labute approximate surface area is 137 Å². The van der Waals surface area contributed by atoms with Gasteiger partial charge in [0.1, 0.15) is 0 Å². The lowest BCUT2D eigenvalue weighted by molar-refractivity contribution is 0.354. The first-order valence-electron chi connectivity index (χ1n) is 5.78. The maximum absolute atomic E-state index is 6.53. The molecule has 0 saturated heterocycles. The fourth-order valence-electron chi connectivity index (χ4n) is 1.83. The first-order valence-corrected chi connectivity index (χ1v) is 7.85. The highest BCUT2D eigenvalue weighted by Crippen LogP contribution is 2.44. The zero-order chi connectivity index (χ0) is 14.9. The van der Waals surface area contributed by atoms with Gasteiger partial charge < -0.3 is 9.47 Å². The summed E-state index contributed by atoms with van der Waals surface area (Å²) >= 11 is 20.6. The van der Waals surface area contributed by atoms with Crippen molar-refractivity contribution in [3.63, 3.8) is 0 Å². The van der Waals surface area contributed by atoms with Crippen molar-refractivity contribution in [2.75, 3.05) is 14.2 Å². The summed E-state index contributed by atoms with van der Waals surface area (Å²) in [4.78, 5) is 0.875. The van der Waals surface area contributed by atoms with E-state index in [1.165, 1.54) is 11.3 Å². The summed E-state index contributed by atoms with van der Waals surface area (Å²) in [6.45, 7) is 1.95. The topological polar surface area (TPSA) is 18.5 Å². The summed E-state index contributed by atoms with van der Waals surface area (Å²) in [5.41, 5.74) is 1.75. The van der Waals surface area contributed by atoms with Gasteiger partial charge in [-0.3, -0.25) is 0 Å². The Bertz CT molecular complexity index is 625. The number of thiophene rings is 1. The van der Waals surface area contributed by atoms with Crippen LogP contribution in [0.2, 0.25) is 10.0 Å². The molecule has 1 unspecified atom stereocenters. The van der Waals surface area contributed by atoms with Crippen LogP contribution in [0.3, 0.4) is 0 Å². The lowest BCUT2D eigenvalue weighted by Crippen LogP contribution is -1.97. The van der Waals surface area contributed by atoms with Gasteiger partial charge in [0.2, 0.25) is 0 Å². The average molecular weight is 352 g/mol. The lowest BCUT2D eigenvalue weighted by Gasteiger charge is -2.15. The summed E-state index contributed by atoms with van der Waals surface area (Å²) in [5, 5.41) is 2.75. The molecule has 6 heteroatoms. The van der Waals surface area contributed by atoms with Gasteiger partial charge in [-0.05, 0) is 29.5 Å². The van der Waals surface area contributed by atoms with Crippen molar-refractivity contribution in [1.82, 2.24) is 0 Å². The second-order valence-electron chi connectivity index (χ2n) is 4.19. The smallest absolute Gasteiger partial charge is 0.162 e. The van der Waals surface area contributed by atoms with E-state index in [9.17, 15) is 0 Å². The summed E-state index contributed by atoms with van der Waals surface area (Å²) in [6, 6.07) is 3.48. The molecule has 0 saturated carbocycles. The SMILES string of the molecule is COc1cc(Cl)c(C(Cl)c2scc(C)c2Cl)cc1OC. The van der Waals surface area contributed by atoms with Gasteiger partial charge in [-0.25, -0.2) is 0 Å². The van der Waals surface area contributed by atoms with Crippen LogP contribution in [0.15, 0.2) is 17.5 Å². The first-order chi connectivity index (χ1) is 9.49. The largest absolute Gasteiger partial charge is 0.493 e. The van der Waals surface area contributed by atoms with Crippen LogP contribution in [0.5, 0.6) is 11.5 Å². The molecule has 2 rings (SSSR count). The maximum atomic E-state index is 6.53. The van der Waals surface area contributed by atoms with E-state index in [-0.39, 0.29) is 0 Å². The molecular weight excluding hydrogens is 339 g/mol. The molecule has 0 N–H and O–H groups in total. The molecule has 0 spiro atoms. The Hall–Kier alpha value is -0.610. The minimum atomic E-state index is -0.423. The average Bonchev–Trinajstić information content (AvgIpc) is 2.78. The van der Waals surface area contributed by atoms with E-state index in [0.717, 1.165) is 16.0 Å². The van der Waals surface area contributed by atoms with E-state index >= 15 is 0 Å². The highest BCUT2D eigenvalue weighted by atomic mass is 35.5. The minimum absolute atomic E-state index is 0.423. The number of alkyl halides is 1. The number of hydrogen-bond donors (Lipinski definition) is 0. The van der Waals surface area contributed by atoms with E-state index < -0.39 is 5.38 Å². The molecule has 2 nitrogen and oxygen atoms in total. The molecule has 2 aromatic rings. The van der Waals surface area contributed by atoms with E-state index in [0.29, 0.717) is 21.5 Å². The van der Waals surface area contributed by atoms with Crippen LogP contribution in [0.25, 0.3) is 0 Å². The zero-order valence-corrected chi connectivity index (χ0v) is 14.3. The van der Waals surface area contributed by atoms with Gasteiger partial charge in [0.05, 0.1) is 24.6 Å². The number of hydrogen-bond acceptors (Lipinski definition) is 3. The predicted molar refractivity (Wildman–Crippen MR) is 86.3 cm³/mol. The van der Waals surface area contributed by atoms with Gasteiger partial charge in [-0.2, -0.15) is 0 Å². The van der Waals surface area contributed by atoms with Crippen molar-refractivity contribution in [2.45, 2.75) is 12.3 Å². The summed E-state index contributed by atoms with van der Waals surface area (Å²) in [6.07, 6.45) is 0. The minimum Gasteiger partial charge on any atom is -0.493 e. The molecule has 1 atom stereocenters. The number of methoxy groups -OCH3 is 2. The Morgan fingerprint density at radius 3 is 2.20 bits per heavy atom. The van der Waals surface area contributed by atoms with Gasteiger partial charge in [0.25, 0.3) is 0 Å². The molecule has 0 aliphatic carbocycles. The molecule has 1 aromatic carbocycles. The van der Waals surface area contributed by atoms with Crippen LogP contribution in [-0.2, 0) is 0 Å². The Balaban J connectivity index is 2.49. The van der Waals surface area contributed by atoms with Crippen LogP contribution in [-0.4, -0.2) is 14.2 Å². The third kappa shape index (κ3) is 2.86. The van der Waals surface area contributed by atoms with Gasteiger partial charge in [0, 0.05) is 16.0 Å².